The van der Waals surface area contributed by atoms with Crippen molar-refractivity contribution in [3.63, 3.8) is 0 Å². The van der Waals surface area contributed by atoms with Gasteiger partial charge in [0.25, 0.3) is 0 Å². The van der Waals surface area contributed by atoms with E-state index >= 15 is 0 Å². The van der Waals surface area contributed by atoms with Gasteiger partial charge in [0, 0.05) is 44.7 Å². The number of imidazole rings is 1. The van der Waals surface area contributed by atoms with Gasteiger partial charge in [-0.05, 0) is 44.4 Å². The van der Waals surface area contributed by atoms with Crippen LogP contribution < -0.4 is 4.90 Å². The molecule has 31 heavy (non-hydrogen) atoms. The Labute approximate surface area is 182 Å². The molecule has 8 nitrogen and oxygen atoms in total. The largest absolute Gasteiger partial charge is 0.386 e. The van der Waals surface area contributed by atoms with Crippen LogP contribution in [0.4, 0.5) is 5.82 Å². The molecule has 0 aliphatic carbocycles. The van der Waals surface area contributed by atoms with Crippen LogP contribution in [-0.4, -0.2) is 68.1 Å². The SMILES string of the molecule is Cc1ccc2nc(CCC(=O)N(C)CC3(O)CCCN(c4cc(C)ncn4)C3)[nH]c2c1. The third-order valence-corrected chi connectivity index (χ3v) is 5.89. The number of aromatic nitrogens is 4. The van der Waals surface area contributed by atoms with Gasteiger partial charge < -0.3 is 19.9 Å². The van der Waals surface area contributed by atoms with Gasteiger partial charge in [0.05, 0.1) is 23.2 Å². The van der Waals surface area contributed by atoms with E-state index in [1.165, 1.54) is 5.56 Å². The summed E-state index contributed by atoms with van der Waals surface area (Å²) in [7, 11) is 1.76. The third-order valence-electron chi connectivity index (χ3n) is 5.89. The molecule has 1 amide bonds. The first kappa shape index (κ1) is 21.2. The number of β-amino-alcohol motifs (C(OH)–C–C–N with tert-alkyl or cyclic N) is 1. The topological polar surface area (TPSA) is 98.2 Å². The molecule has 1 fully saturated rings. The normalized spacial score (nSPS) is 19.0. The highest BCUT2D eigenvalue weighted by molar-refractivity contribution is 5.77. The van der Waals surface area contributed by atoms with Crippen molar-refractivity contribution in [2.45, 2.75) is 45.1 Å². The predicted molar refractivity (Wildman–Crippen MR) is 120 cm³/mol. The van der Waals surface area contributed by atoms with Crippen LogP contribution in [0.15, 0.2) is 30.6 Å². The first-order chi connectivity index (χ1) is 14.8. The van der Waals surface area contributed by atoms with Crippen LogP contribution in [0.5, 0.6) is 0 Å². The highest BCUT2D eigenvalue weighted by atomic mass is 16.3. The molecule has 4 rings (SSSR count). The standard InChI is InChI=1S/C23H30N6O2/c1-16-5-6-18-19(11-16)27-20(26-18)7-8-22(30)28(3)13-23(31)9-4-10-29(14-23)21-12-17(2)24-15-25-21/h5-6,11-12,15,31H,4,7-10,13-14H2,1-3H3,(H,26,27). The maximum Gasteiger partial charge on any atom is 0.222 e. The van der Waals surface area contributed by atoms with E-state index in [0.29, 0.717) is 32.4 Å². The van der Waals surface area contributed by atoms with Crippen LogP contribution in [0.25, 0.3) is 11.0 Å². The van der Waals surface area contributed by atoms with Crippen molar-refractivity contribution in [1.82, 2.24) is 24.8 Å². The number of amides is 1. The van der Waals surface area contributed by atoms with Gasteiger partial charge in [-0.25, -0.2) is 15.0 Å². The molecule has 0 radical (unpaired) electrons. The Morgan fingerprint density at radius 3 is 2.94 bits per heavy atom. The van der Waals surface area contributed by atoms with Crippen molar-refractivity contribution in [2.75, 3.05) is 31.6 Å². The summed E-state index contributed by atoms with van der Waals surface area (Å²) in [6, 6.07) is 8.00. The second-order valence-electron chi connectivity index (χ2n) is 8.72. The Hall–Kier alpha value is -3.00. The summed E-state index contributed by atoms with van der Waals surface area (Å²) in [6.07, 6.45) is 3.95. The molecule has 2 N–H and O–H groups in total. The summed E-state index contributed by atoms with van der Waals surface area (Å²) in [5.74, 6) is 1.63. The molecule has 1 saturated heterocycles. The van der Waals surface area contributed by atoms with Crippen LogP contribution in [-0.2, 0) is 11.2 Å². The number of carbonyl (C=O) groups excluding carboxylic acids is 1. The minimum absolute atomic E-state index is 0.0000608. The van der Waals surface area contributed by atoms with Gasteiger partial charge in [0.15, 0.2) is 0 Å². The maximum absolute atomic E-state index is 12.7. The number of nitrogens with zero attached hydrogens (tertiary/aromatic N) is 5. The Morgan fingerprint density at radius 2 is 2.13 bits per heavy atom. The smallest absolute Gasteiger partial charge is 0.222 e. The van der Waals surface area contributed by atoms with E-state index in [-0.39, 0.29) is 5.91 Å². The molecule has 0 saturated carbocycles. The van der Waals surface area contributed by atoms with Crippen molar-refractivity contribution in [3.8, 4) is 0 Å². The van der Waals surface area contributed by atoms with Gasteiger partial charge in [-0.2, -0.15) is 0 Å². The summed E-state index contributed by atoms with van der Waals surface area (Å²) >= 11 is 0. The molecule has 1 atom stereocenters. The van der Waals surface area contributed by atoms with Crippen molar-refractivity contribution >= 4 is 22.8 Å². The average Bonchev–Trinajstić information content (AvgIpc) is 3.13. The van der Waals surface area contributed by atoms with Crippen LogP contribution in [0.1, 0.15) is 36.3 Å². The fourth-order valence-corrected chi connectivity index (χ4v) is 4.29. The van der Waals surface area contributed by atoms with Crippen molar-refractivity contribution in [2.24, 2.45) is 0 Å². The van der Waals surface area contributed by atoms with E-state index in [2.05, 4.69) is 30.9 Å². The van der Waals surface area contributed by atoms with Gasteiger partial charge in [-0.1, -0.05) is 6.07 Å². The average molecular weight is 423 g/mol. The molecular formula is C23H30N6O2. The van der Waals surface area contributed by atoms with E-state index in [1.54, 1.807) is 18.3 Å². The minimum Gasteiger partial charge on any atom is -0.386 e. The zero-order chi connectivity index (χ0) is 22.0. The van der Waals surface area contributed by atoms with Gasteiger partial charge >= 0.3 is 0 Å². The van der Waals surface area contributed by atoms with E-state index in [9.17, 15) is 9.90 Å². The summed E-state index contributed by atoms with van der Waals surface area (Å²) in [6.45, 7) is 5.55. The van der Waals surface area contributed by atoms with E-state index in [4.69, 9.17) is 0 Å². The number of aliphatic hydroxyl groups is 1. The fourth-order valence-electron chi connectivity index (χ4n) is 4.29. The van der Waals surface area contributed by atoms with E-state index in [1.807, 2.05) is 32.0 Å². The van der Waals surface area contributed by atoms with Crippen LogP contribution >= 0.6 is 0 Å². The lowest BCUT2D eigenvalue weighted by Gasteiger charge is -2.41. The highest BCUT2D eigenvalue weighted by Crippen LogP contribution is 2.26. The second kappa shape index (κ2) is 8.63. The first-order valence-corrected chi connectivity index (χ1v) is 10.8. The van der Waals surface area contributed by atoms with Crippen LogP contribution in [0.2, 0.25) is 0 Å². The molecular weight excluding hydrogens is 392 g/mol. The fraction of sp³-hybridized carbons (Fsp3) is 0.478. The number of anilines is 1. The Bertz CT molecular complexity index is 1080. The number of aromatic amines is 1. The monoisotopic (exact) mass is 422 g/mol. The number of rotatable bonds is 6. The number of aryl methyl sites for hydroxylation is 3. The zero-order valence-corrected chi connectivity index (χ0v) is 18.4. The third kappa shape index (κ3) is 5.02. The minimum atomic E-state index is -0.960. The number of carbonyl (C=O) groups is 1. The lowest BCUT2D eigenvalue weighted by atomic mass is 9.92. The van der Waals surface area contributed by atoms with Crippen molar-refractivity contribution < 1.29 is 9.90 Å². The van der Waals surface area contributed by atoms with Gasteiger partial charge in [0.2, 0.25) is 5.91 Å². The molecule has 3 aromatic rings. The lowest BCUT2D eigenvalue weighted by molar-refractivity contribution is -0.133. The number of benzene rings is 1. The maximum atomic E-state index is 12.7. The first-order valence-electron chi connectivity index (χ1n) is 10.8. The predicted octanol–water partition coefficient (Wildman–Crippen LogP) is 2.39. The molecule has 8 heteroatoms. The molecule has 0 spiro atoms. The Morgan fingerprint density at radius 1 is 1.29 bits per heavy atom. The molecule has 1 aliphatic rings. The number of piperidine rings is 1. The van der Waals surface area contributed by atoms with Gasteiger partial charge in [-0.3, -0.25) is 4.79 Å². The Kier molecular flexibility index (Phi) is 5.91. The summed E-state index contributed by atoms with van der Waals surface area (Å²) < 4.78 is 0. The molecule has 3 heterocycles. The number of hydrogen-bond acceptors (Lipinski definition) is 6. The molecule has 1 aliphatic heterocycles. The molecule has 1 unspecified atom stereocenters. The number of nitrogens with one attached hydrogen (secondary N) is 1. The highest BCUT2D eigenvalue weighted by Gasteiger charge is 2.36. The Balaban J connectivity index is 1.34. The number of fused-ring (bicyclic) bond motifs is 1. The van der Waals surface area contributed by atoms with Crippen LogP contribution in [0.3, 0.4) is 0 Å². The van der Waals surface area contributed by atoms with Gasteiger partial charge in [0.1, 0.15) is 18.0 Å². The van der Waals surface area contributed by atoms with E-state index in [0.717, 1.165) is 41.3 Å². The zero-order valence-electron chi connectivity index (χ0n) is 18.4. The molecule has 0 bridgehead atoms. The summed E-state index contributed by atoms with van der Waals surface area (Å²) in [4.78, 5) is 32.8. The molecule has 164 valence electrons. The van der Waals surface area contributed by atoms with E-state index < -0.39 is 5.60 Å². The quantitative estimate of drug-likeness (QED) is 0.633. The van der Waals surface area contributed by atoms with Crippen molar-refractivity contribution in [3.05, 3.63) is 47.7 Å². The van der Waals surface area contributed by atoms with Crippen LogP contribution in [0, 0.1) is 13.8 Å². The number of hydrogen-bond donors (Lipinski definition) is 2. The number of likely N-dealkylation sites (N-methyl/N-ethyl adjacent to an activating group) is 1. The lowest BCUT2D eigenvalue weighted by Crippen LogP contribution is -2.55. The summed E-state index contributed by atoms with van der Waals surface area (Å²) in [5.41, 5.74) is 3.01. The molecule has 2 aromatic heterocycles. The number of H-pyrrole nitrogens is 1. The van der Waals surface area contributed by atoms with Crippen molar-refractivity contribution in [1.29, 1.82) is 0 Å². The van der Waals surface area contributed by atoms with Gasteiger partial charge in [-0.15, -0.1) is 0 Å². The molecule has 1 aromatic carbocycles. The summed E-state index contributed by atoms with van der Waals surface area (Å²) in [5, 5.41) is 11.2. The second-order valence-corrected chi connectivity index (χ2v) is 8.72.